The Bertz CT molecular complexity index is 458. The summed E-state index contributed by atoms with van der Waals surface area (Å²) in [4.78, 5) is 16.1. The predicted octanol–water partition coefficient (Wildman–Crippen LogP) is 1.53. The van der Waals surface area contributed by atoms with Gasteiger partial charge >= 0.3 is 0 Å². The van der Waals surface area contributed by atoms with E-state index in [0.29, 0.717) is 5.03 Å². The van der Waals surface area contributed by atoms with Gasteiger partial charge < -0.3 is 0 Å². The first-order valence-corrected chi connectivity index (χ1v) is 4.50. The normalized spacial score (nSPS) is 10.1. The van der Waals surface area contributed by atoms with E-state index in [-0.39, 0.29) is 0 Å². The Balaban J connectivity index is 2.55. The molecule has 14 heavy (non-hydrogen) atoms. The van der Waals surface area contributed by atoms with Gasteiger partial charge in [0, 0.05) is 11.8 Å². The van der Waals surface area contributed by atoms with E-state index in [2.05, 4.69) is 32.6 Å². The fourth-order valence-electron chi connectivity index (χ4n) is 1.14. The van der Waals surface area contributed by atoms with E-state index in [4.69, 9.17) is 0 Å². The van der Waals surface area contributed by atoms with Crippen LogP contribution in [0.25, 0.3) is 11.3 Å². The maximum Gasteiger partial charge on any atom is 0.117 e. The fraction of sp³-hybridized carbons (Fsp3) is 0.111. The van der Waals surface area contributed by atoms with Gasteiger partial charge in [-0.25, -0.2) is 19.9 Å². The van der Waals surface area contributed by atoms with Crippen molar-refractivity contribution in [2.75, 3.05) is 0 Å². The van der Waals surface area contributed by atoms with Crippen LogP contribution < -0.4 is 0 Å². The standard InChI is InChI=1S/C9H8N4S/c1-6-7(3-10-4-11-6)8-2-9(14)13-5-12-8/h2-5H,1H3,(H,12,13,14). The Morgan fingerprint density at radius 2 is 2.00 bits per heavy atom. The quantitative estimate of drug-likeness (QED) is 0.565. The first-order valence-electron chi connectivity index (χ1n) is 4.05. The third-order valence-electron chi connectivity index (χ3n) is 1.84. The molecule has 0 radical (unpaired) electrons. The Morgan fingerprint density at radius 1 is 1.14 bits per heavy atom. The fourth-order valence-corrected chi connectivity index (χ4v) is 1.31. The molecule has 0 saturated heterocycles. The summed E-state index contributed by atoms with van der Waals surface area (Å²) in [5, 5.41) is 0.637. The van der Waals surface area contributed by atoms with Crippen molar-refractivity contribution in [2.45, 2.75) is 11.9 Å². The lowest BCUT2D eigenvalue weighted by Crippen LogP contribution is -1.92. The van der Waals surface area contributed by atoms with Gasteiger partial charge in [-0.3, -0.25) is 0 Å². The minimum absolute atomic E-state index is 0.637. The Labute approximate surface area is 86.9 Å². The molecule has 0 aromatic carbocycles. The number of thiol groups is 1. The van der Waals surface area contributed by atoms with E-state index in [1.165, 1.54) is 12.7 Å². The number of rotatable bonds is 1. The molecule has 0 N–H and O–H groups in total. The summed E-state index contributed by atoms with van der Waals surface area (Å²) in [6, 6.07) is 1.79. The van der Waals surface area contributed by atoms with Gasteiger partial charge in [-0.05, 0) is 13.0 Å². The van der Waals surface area contributed by atoms with Crippen LogP contribution in [0.2, 0.25) is 0 Å². The SMILES string of the molecule is Cc1ncncc1-c1cc(S)ncn1. The number of hydrogen-bond donors (Lipinski definition) is 1. The zero-order chi connectivity index (χ0) is 9.97. The van der Waals surface area contributed by atoms with E-state index >= 15 is 0 Å². The van der Waals surface area contributed by atoms with Crippen LogP contribution in [-0.2, 0) is 0 Å². The minimum atomic E-state index is 0.637. The van der Waals surface area contributed by atoms with Crippen LogP contribution in [0, 0.1) is 6.92 Å². The smallest absolute Gasteiger partial charge is 0.117 e. The van der Waals surface area contributed by atoms with Crippen LogP contribution in [0.3, 0.4) is 0 Å². The van der Waals surface area contributed by atoms with Crippen LogP contribution in [-0.4, -0.2) is 19.9 Å². The first-order chi connectivity index (χ1) is 6.77. The largest absolute Gasteiger partial charge is 0.244 e. The molecule has 0 bridgehead atoms. The van der Waals surface area contributed by atoms with Gasteiger partial charge in [-0.2, -0.15) is 0 Å². The highest BCUT2D eigenvalue weighted by molar-refractivity contribution is 7.80. The summed E-state index contributed by atoms with van der Waals surface area (Å²) in [6.07, 6.45) is 4.73. The highest BCUT2D eigenvalue weighted by Crippen LogP contribution is 2.18. The van der Waals surface area contributed by atoms with Crippen LogP contribution in [0.4, 0.5) is 0 Å². The second kappa shape index (κ2) is 3.71. The third kappa shape index (κ3) is 1.72. The lowest BCUT2D eigenvalue weighted by atomic mass is 10.2. The molecule has 0 aliphatic heterocycles. The Morgan fingerprint density at radius 3 is 2.71 bits per heavy atom. The maximum absolute atomic E-state index is 4.15. The molecule has 0 amide bonds. The van der Waals surface area contributed by atoms with Gasteiger partial charge in [-0.15, -0.1) is 12.6 Å². The number of hydrogen-bond acceptors (Lipinski definition) is 5. The molecule has 70 valence electrons. The molecule has 2 heterocycles. The topological polar surface area (TPSA) is 51.6 Å². The monoisotopic (exact) mass is 204 g/mol. The van der Waals surface area contributed by atoms with Crippen molar-refractivity contribution in [1.29, 1.82) is 0 Å². The van der Waals surface area contributed by atoms with Crippen molar-refractivity contribution in [3.63, 3.8) is 0 Å². The molecular weight excluding hydrogens is 196 g/mol. The van der Waals surface area contributed by atoms with Crippen LogP contribution >= 0.6 is 12.6 Å². The van der Waals surface area contributed by atoms with E-state index in [1.54, 1.807) is 12.3 Å². The van der Waals surface area contributed by atoms with Gasteiger partial charge in [0.15, 0.2) is 0 Å². The second-order valence-corrected chi connectivity index (χ2v) is 3.24. The summed E-state index contributed by atoms with van der Waals surface area (Å²) < 4.78 is 0. The van der Waals surface area contributed by atoms with E-state index in [1.807, 2.05) is 6.92 Å². The lowest BCUT2D eigenvalue weighted by molar-refractivity contribution is 1.04. The van der Waals surface area contributed by atoms with Crippen molar-refractivity contribution in [2.24, 2.45) is 0 Å². The van der Waals surface area contributed by atoms with Gasteiger partial charge in [0.05, 0.1) is 16.4 Å². The molecule has 0 unspecified atom stereocenters. The third-order valence-corrected chi connectivity index (χ3v) is 2.08. The van der Waals surface area contributed by atoms with E-state index in [0.717, 1.165) is 17.0 Å². The zero-order valence-electron chi connectivity index (χ0n) is 7.55. The summed E-state index contributed by atoms with van der Waals surface area (Å²) in [5.41, 5.74) is 2.60. The number of aryl methyl sites for hydroxylation is 1. The van der Waals surface area contributed by atoms with Crippen LogP contribution in [0.1, 0.15) is 5.69 Å². The summed E-state index contributed by atoms with van der Waals surface area (Å²) >= 11 is 4.15. The summed E-state index contributed by atoms with van der Waals surface area (Å²) in [6.45, 7) is 1.91. The number of aromatic nitrogens is 4. The van der Waals surface area contributed by atoms with Crippen molar-refractivity contribution in [3.8, 4) is 11.3 Å². The molecule has 2 rings (SSSR count). The Kier molecular flexibility index (Phi) is 2.41. The van der Waals surface area contributed by atoms with Crippen molar-refractivity contribution >= 4 is 12.6 Å². The van der Waals surface area contributed by atoms with Gasteiger partial charge in [0.1, 0.15) is 12.7 Å². The minimum Gasteiger partial charge on any atom is -0.244 e. The van der Waals surface area contributed by atoms with E-state index < -0.39 is 0 Å². The molecular formula is C9H8N4S. The van der Waals surface area contributed by atoms with Gasteiger partial charge in [-0.1, -0.05) is 0 Å². The molecule has 4 nitrogen and oxygen atoms in total. The van der Waals surface area contributed by atoms with Crippen molar-refractivity contribution in [3.05, 3.63) is 30.6 Å². The van der Waals surface area contributed by atoms with Crippen molar-refractivity contribution < 1.29 is 0 Å². The predicted molar refractivity (Wildman–Crippen MR) is 55.0 cm³/mol. The summed E-state index contributed by atoms with van der Waals surface area (Å²) in [5.74, 6) is 0. The second-order valence-electron chi connectivity index (χ2n) is 2.78. The van der Waals surface area contributed by atoms with Crippen LogP contribution in [0.5, 0.6) is 0 Å². The zero-order valence-corrected chi connectivity index (χ0v) is 8.44. The molecule has 2 aromatic heterocycles. The maximum atomic E-state index is 4.15. The average Bonchev–Trinajstić information content (AvgIpc) is 2.18. The number of nitrogens with zero attached hydrogens (tertiary/aromatic N) is 4. The highest BCUT2D eigenvalue weighted by atomic mass is 32.1. The molecule has 0 spiro atoms. The van der Waals surface area contributed by atoms with Gasteiger partial charge in [0.2, 0.25) is 0 Å². The lowest BCUT2D eigenvalue weighted by Gasteiger charge is -2.02. The summed E-state index contributed by atoms with van der Waals surface area (Å²) in [7, 11) is 0. The van der Waals surface area contributed by atoms with Crippen molar-refractivity contribution in [1.82, 2.24) is 19.9 Å². The molecule has 0 aliphatic rings. The molecule has 0 saturated carbocycles. The Hall–Kier alpha value is -1.49. The molecule has 0 fully saturated rings. The molecule has 5 heteroatoms. The van der Waals surface area contributed by atoms with Gasteiger partial charge in [0.25, 0.3) is 0 Å². The van der Waals surface area contributed by atoms with E-state index in [9.17, 15) is 0 Å². The highest BCUT2D eigenvalue weighted by Gasteiger charge is 2.04. The molecule has 0 atom stereocenters. The molecule has 0 aliphatic carbocycles. The van der Waals surface area contributed by atoms with Crippen LogP contribution in [0.15, 0.2) is 29.9 Å². The first kappa shape index (κ1) is 9.08. The average molecular weight is 204 g/mol. The molecule has 2 aromatic rings.